The van der Waals surface area contributed by atoms with Crippen molar-refractivity contribution in [1.82, 2.24) is 0 Å². The molecule has 0 saturated carbocycles. The summed E-state index contributed by atoms with van der Waals surface area (Å²) in [5.74, 6) is -0.535. The molecule has 0 aromatic heterocycles. The van der Waals surface area contributed by atoms with Crippen molar-refractivity contribution in [1.29, 1.82) is 0 Å². The highest BCUT2D eigenvalue weighted by atomic mass is 35.5. The van der Waals surface area contributed by atoms with Gasteiger partial charge < -0.3 is 19.5 Å². The lowest BCUT2D eigenvalue weighted by atomic mass is 10.2. The number of ether oxygens (including phenoxy) is 3. The molecule has 1 heterocycles. The zero-order chi connectivity index (χ0) is 19.6. The lowest BCUT2D eigenvalue weighted by Crippen LogP contribution is -2.21. The van der Waals surface area contributed by atoms with Crippen molar-refractivity contribution < 1.29 is 32.2 Å². The molecule has 0 fully saturated rings. The number of fused-ring (bicyclic) bond motifs is 1. The molecular weight excluding hydrogens is 400 g/mol. The summed E-state index contributed by atoms with van der Waals surface area (Å²) in [5.41, 5.74) is 0.202. The Hall–Kier alpha value is -2.82. The number of esters is 1. The largest absolute Gasteiger partial charge is 0.454 e. The van der Waals surface area contributed by atoms with Gasteiger partial charge in [0, 0.05) is 11.8 Å². The molecule has 3 N–H and O–H groups in total. The Kier molecular flexibility index (Phi) is 5.22. The summed E-state index contributed by atoms with van der Waals surface area (Å²) in [6.07, 6.45) is 0. The van der Waals surface area contributed by atoms with Crippen LogP contribution in [0.5, 0.6) is 11.5 Å². The fraction of sp³-hybridized carbons (Fsp3) is 0.125. The highest BCUT2D eigenvalue weighted by Gasteiger charge is 2.19. The Balaban J connectivity index is 1.63. The summed E-state index contributed by atoms with van der Waals surface area (Å²) in [4.78, 5) is 23.7. The Morgan fingerprint density at radius 2 is 1.89 bits per heavy atom. The van der Waals surface area contributed by atoms with Crippen molar-refractivity contribution in [2.45, 2.75) is 4.90 Å². The number of benzene rings is 2. The smallest absolute Gasteiger partial charge is 0.340 e. The maximum absolute atomic E-state index is 12.1. The van der Waals surface area contributed by atoms with Gasteiger partial charge in [-0.25, -0.2) is 18.4 Å². The average molecular weight is 413 g/mol. The average Bonchev–Trinajstić information content (AvgIpc) is 3.06. The number of rotatable bonds is 5. The summed E-state index contributed by atoms with van der Waals surface area (Å²) in [6, 6.07) is 8.12. The van der Waals surface area contributed by atoms with Crippen LogP contribution in [0.3, 0.4) is 0 Å². The summed E-state index contributed by atoms with van der Waals surface area (Å²) >= 11 is 5.88. The van der Waals surface area contributed by atoms with Gasteiger partial charge in [-0.1, -0.05) is 11.6 Å². The second kappa shape index (κ2) is 7.43. The minimum absolute atomic E-state index is 0.0384. The Morgan fingerprint density at radius 3 is 2.63 bits per heavy atom. The van der Waals surface area contributed by atoms with Crippen LogP contribution >= 0.6 is 11.6 Å². The van der Waals surface area contributed by atoms with Crippen molar-refractivity contribution in [3.8, 4) is 11.5 Å². The number of nitrogens with two attached hydrogens (primary N) is 1. The Morgan fingerprint density at radius 1 is 1.15 bits per heavy atom. The summed E-state index contributed by atoms with van der Waals surface area (Å²) in [6.45, 7) is -0.508. The van der Waals surface area contributed by atoms with Crippen LogP contribution in [0.4, 0.5) is 5.69 Å². The number of hydrogen-bond acceptors (Lipinski definition) is 7. The molecule has 1 amide bonds. The van der Waals surface area contributed by atoms with Crippen LogP contribution in [0, 0.1) is 0 Å². The topological polar surface area (TPSA) is 134 Å². The van der Waals surface area contributed by atoms with Gasteiger partial charge in [0.25, 0.3) is 5.91 Å². The quantitative estimate of drug-likeness (QED) is 0.711. The van der Waals surface area contributed by atoms with Crippen molar-refractivity contribution in [2.24, 2.45) is 5.14 Å². The minimum atomic E-state index is -4.02. The monoisotopic (exact) mass is 412 g/mol. The van der Waals surface area contributed by atoms with Gasteiger partial charge in [-0.3, -0.25) is 4.79 Å². The van der Waals surface area contributed by atoms with E-state index in [1.165, 1.54) is 6.07 Å². The molecule has 2 aromatic carbocycles. The highest BCUT2D eigenvalue weighted by Crippen LogP contribution is 2.34. The first kappa shape index (κ1) is 19.0. The van der Waals surface area contributed by atoms with E-state index in [1.807, 2.05) is 0 Å². The summed E-state index contributed by atoms with van der Waals surface area (Å²) in [7, 11) is -4.02. The SMILES string of the molecule is NS(=O)(=O)c1ccc(Cl)c(C(=O)OCC(=O)Nc2ccc3c(c2)OCO3)c1. The number of halogens is 1. The molecule has 0 radical (unpaired) electrons. The maximum atomic E-state index is 12.1. The van der Waals surface area contributed by atoms with Gasteiger partial charge in [0.05, 0.1) is 15.5 Å². The highest BCUT2D eigenvalue weighted by molar-refractivity contribution is 7.89. The maximum Gasteiger partial charge on any atom is 0.340 e. The van der Waals surface area contributed by atoms with Crippen LogP contribution in [-0.2, 0) is 19.6 Å². The van der Waals surface area contributed by atoms with E-state index in [1.54, 1.807) is 18.2 Å². The molecule has 0 spiro atoms. The molecule has 3 rings (SSSR count). The predicted octanol–water partition coefficient (Wildman–Crippen LogP) is 1.51. The molecule has 142 valence electrons. The third kappa shape index (κ3) is 4.48. The Labute approximate surface area is 159 Å². The number of anilines is 1. The second-order valence-electron chi connectivity index (χ2n) is 5.38. The van der Waals surface area contributed by atoms with Gasteiger partial charge in [-0.05, 0) is 30.3 Å². The van der Waals surface area contributed by atoms with Crippen LogP contribution in [0.2, 0.25) is 5.02 Å². The molecule has 2 aromatic rings. The molecule has 1 aliphatic rings. The molecule has 11 heteroatoms. The fourth-order valence-corrected chi connectivity index (χ4v) is 2.95. The van der Waals surface area contributed by atoms with E-state index < -0.39 is 28.5 Å². The van der Waals surface area contributed by atoms with Crippen molar-refractivity contribution >= 4 is 39.2 Å². The molecule has 0 saturated heterocycles. The number of nitrogens with one attached hydrogen (secondary N) is 1. The number of amides is 1. The number of primary sulfonamides is 1. The normalized spacial score (nSPS) is 12.5. The first-order chi connectivity index (χ1) is 12.7. The molecule has 0 bridgehead atoms. The van der Waals surface area contributed by atoms with Crippen LogP contribution in [0.25, 0.3) is 0 Å². The molecular formula is C16H13ClN2O7S. The van der Waals surface area contributed by atoms with Crippen LogP contribution in [-0.4, -0.2) is 33.7 Å². The number of carbonyl (C=O) groups is 2. The van der Waals surface area contributed by atoms with E-state index in [2.05, 4.69) is 5.32 Å². The fourth-order valence-electron chi connectivity index (χ4n) is 2.22. The lowest BCUT2D eigenvalue weighted by Gasteiger charge is -2.09. The zero-order valence-corrected chi connectivity index (χ0v) is 15.2. The van der Waals surface area contributed by atoms with Crippen LogP contribution in [0.1, 0.15) is 10.4 Å². The first-order valence-electron chi connectivity index (χ1n) is 7.43. The van der Waals surface area contributed by atoms with Crippen molar-refractivity contribution in [3.63, 3.8) is 0 Å². The first-order valence-corrected chi connectivity index (χ1v) is 9.35. The van der Waals surface area contributed by atoms with Crippen molar-refractivity contribution in [3.05, 3.63) is 47.0 Å². The van der Waals surface area contributed by atoms with Gasteiger partial charge in [0.1, 0.15) is 0 Å². The number of carbonyl (C=O) groups excluding carboxylic acids is 2. The summed E-state index contributed by atoms with van der Waals surface area (Å²) < 4.78 is 38.0. The third-order valence-corrected chi connectivity index (χ3v) is 4.72. The van der Waals surface area contributed by atoms with Gasteiger partial charge >= 0.3 is 5.97 Å². The standard InChI is InChI=1S/C16H13ClN2O7S/c17-12-3-2-10(27(18,22)23)6-11(12)16(21)24-7-15(20)19-9-1-4-13-14(5-9)26-8-25-13/h1-6H,7-8H2,(H,19,20)(H2,18,22,23). The van der Waals surface area contributed by atoms with E-state index in [0.29, 0.717) is 17.2 Å². The van der Waals surface area contributed by atoms with E-state index in [9.17, 15) is 18.0 Å². The second-order valence-corrected chi connectivity index (χ2v) is 7.35. The molecule has 0 unspecified atom stereocenters. The van der Waals surface area contributed by atoms with Gasteiger partial charge in [-0.2, -0.15) is 0 Å². The van der Waals surface area contributed by atoms with Crippen molar-refractivity contribution in [2.75, 3.05) is 18.7 Å². The van der Waals surface area contributed by atoms with Gasteiger partial charge in [0.15, 0.2) is 18.1 Å². The van der Waals surface area contributed by atoms with Gasteiger partial charge in [-0.15, -0.1) is 0 Å². The van der Waals surface area contributed by atoms with Gasteiger partial charge in [0.2, 0.25) is 16.8 Å². The molecule has 1 aliphatic heterocycles. The van der Waals surface area contributed by atoms with E-state index in [-0.39, 0.29) is 22.3 Å². The molecule has 0 aliphatic carbocycles. The predicted molar refractivity (Wildman–Crippen MR) is 94.3 cm³/mol. The van der Waals surface area contributed by atoms with Crippen LogP contribution in [0.15, 0.2) is 41.3 Å². The number of sulfonamides is 1. The molecule has 27 heavy (non-hydrogen) atoms. The number of hydrogen-bond donors (Lipinski definition) is 2. The minimum Gasteiger partial charge on any atom is -0.454 e. The third-order valence-electron chi connectivity index (χ3n) is 3.48. The van der Waals surface area contributed by atoms with E-state index >= 15 is 0 Å². The molecule has 9 nitrogen and oxygen atoms in total. The summed E-state index contributed by atoms with van der Waals surface area (Å²) in [5, 5.41) is 7.51. The molecule has 0 atom stereocenters. The Bertz CT molecular complexity index is 1020. The van der Waals surface area contributed by atoms with Crippen LogP contribution < -0.4 is 19.9 Å². The van der Waals surface area contributed by atoms with E-state index in [4.69, 9.17) is 31.0 Å². The lowest BCUT2D eigenvalue weighted by molar-refractivity contribution is -0.119. The van der Waals surface area contributed by atoms with E-state index in [0.717, 1.165) is 12.1 Å². The zero-order valence-electron chi connectivity index (χ0n) is 13.6.